The van der Waals surface area contributed by atoms with Gasteiger partial charge in [-0.05, 0) is 31.4 Å². The van der Waals surface area contributed by atoms with Crippen molar-refractivity contribution in [2.45, 2.75) is 37.8 Å². The zero-order valence-corrected chi connectivity index (χ0v) is 17.1. The Bertz CT molecular complexity index is 837. The molecule has 1 saturated carbocycles. The van der Waals surface area contributed by atoms with E-state index in [1.807, 2.05) is 18.2 Å². The second-order valence-electron chi connectivity index (χ2n) is 7.08. The lowest BCUT2D eigenvalue weighted by molar-refractivity contribution is 0.0779. The van der Waals surface area contributed by atoms with Crippen LogP contribution < -0.4 is 25.4 Å². The molecule has 0 aliphatic heterocycles. The van der Waals surface area contributed by atoms with Crippen molar-refractivity contribution in [1.29, 1.82) is 0 Å². The van der Waals surface area contributed by atoms with Crippen molar-refractivity contribution >= 4 is 23.5 Å². The van der Waals surface area contributed by atoms with Crippen LogP contribution in [-0.2, 0) is 4.74 Å². The van der Waals surface area contributed by atoms with Gasteiger partial charge >= 0.3 is 12.1 Å². The molecule has 0 aromatic heterocycles. The molecule has 3 N–H and O–H groups in total. The first kappa shape index (κ1) is 21.3. The standard InChI is InChI=1S/C22H27N3O5/c1-28-19-12-17(13-20(14-19)29-2)24-21(26)23-16-9-6-10-18(11-16)30-22(27)25-15-7-4-3-5-8-15/h3-5,7-8,12-14,16,18H,6,9-11H2,1-2H3,(H,25,27)(H2,23,24,26)/t16-,18+/m0/s1. The fourth-order valence-electron chi connectivity index (χ4n) is 3.44. The maximum atomic E-state index is 12.4. The van der Waals surface area contributed by atoms with Crippen molar-refractivity contribution in [2.24, 2.45) is 0 Å². The lowest BCUT2D eigenvalue weighted by Gasteiger charge is -2.29. The van der Waals surface area contributed by atoms with E-state index in [4.69, 9.17) is 14.2 Å². The summed E-state index contributed by atoms with van der Waals surface area (Å²) < 4.78 is 16.0. The highest BCUT2D eigenvalue weighted by molar-refractivity contribution is 5.90. The average molecular weight is 413 g/mol. The largest absolute Gasteiger partial charge is 0.497 e. The Labute approximate surface area is 175 Å². The van der Waals surface area contributed by atoms with Gasteiger partial charge in [-0.2, -0.15) is 0 Å². The molecule has 8 nitrogen and oxygen atoms in total. The summed E-state index contributed by atoms with van der Waals surface area (Å²) in [6.45, 7) is 0. The van der Waals surface area contributed by atoms with Crippen LogP contribution in [0.5, 0.6) is 11.5 Å². The van der Waals surface area contributed by atoms with Crippen LogP contribution in [0.2, 0.25) is 0 Å². The zero-order valence-electron chi connectivity index (χ0n) is 17.1. The minimum Gasteiger partial charge on any atom is -0.497 e. The van der Waals surface area contributed by atoms with E-state index in [1.54, 1.807) is 44.6 Å². The topological polar surface area (TPSA) is 97.9 Å². The highest BCUT2D eigenvalue weighted by Crippen LogP contribution is 2.26. The normalized spacial score (nSPS) is 18.1. The summed E-state index contributed by atoms with van der Waals surface area (Å²) in [5.41, 5.74) is 1.25. The number of nitrogens with one attached hydrogen (secondary N) is 3. The molecule has 1 aliphatic carbocycles. The molecule has 1 fully saturated rings. The van der Waals surface area contributed by atoms with Gasteiger partial charge in [-0.3, -0.25) is 5.32 Å². The number of amides is 3. The Morgan fingerprint density at radius 2 is 1.60 bits per heavy atom. The molecule has 3 rings (SSSR count). The first-order valence-electron chi connectivity index (χ1n) is 9.89. The first-order chi connectivity index (χ1) is 14.6. The molecule has 2 atom stereocenters. The quantitative estimate of drug-likeness (QED) is 0.653. The van der Waals surface area contributed by atoms with Gasteiger partial charge in [-0.1, -0.05) is 18.2 Å². The maximum Gasteiger partial charge on any atom is 0.411 e. The SMILES string of the molecule is COc1cc(NC(=O)N[C@H]2CCC[C@@H](OC(=O)Nc3ccccc3)C2)cc(OC)c1. The molecule has 0 saturated heterocycles. The number of carbonyl (C=O) groups is 2. The first-order valence-corrected chi connectivity index (χ1v) is 9.89. The molecular formula is C22H27N3O5. The number of ether oxygens (including phenoxy) is 3. The highest BCUT2D eigenvalue weighted by atomic mass is 16.6. The summed E-state index contributed by atoms with van der Waals surface area (Å²) in [5, 5.41) is 8.46. The number of methoxy groups -OCH3 is 2. The molecule has 1 aliphatic rings. The molecule has 0 spiro atoms. The van der Waals surface area contributed by atoms with Gasteiger partial charge in [0.15, 0.2) is 0 Å². The van der Waals surface area contributed by atoms with E-state index in [0.717, 1.165) is 19.3 Å². The second kappa shape index (κ2) is 10.4. The van der Waals surface area contributed by atoms with Crippen molar-refractivity contribution in [3.63, 3.8) is 0 Å². The van der Waals surface area contributed by atoms with Gasteiger partial charge in [0.25, 0.3) is 0 Å². The van der Waals surface area contributed by atoms with Gasteiger partial charge in [-0.25, -0.2) is 9.59 Å². The average Bonchev–Trinajstić information content (AvgIpc) is 2.74. The molecule has 8 heteroatoms. The molecule has 2 aromatic carbocycles. The molecule has 0 radical (unpaired) electrons. The lowest BCUT2D eigenvalue weighted by Crippen LogP contribution is -2.43. The molecule has 160 valence electrons. The van der Waals surface area contributed by atoms with E-state index in [1.165, 1.54) is 0 Å². The van der Waals surface area contributed by atoms with Crippen LogP contribution >= 0.6 is 0 Å². The van der Waals surface area contributed by atoms with Crippen LogP contribution in [0.1, 0.15) is 25.7 Å². The number of rotatable bonds is 6. The minimum absolute atomic E-state index is 0.0826. The third-order valence-electron chi connectivity index (χ3n) is 4.86. The van der Waals surface area contributed by atoms with Gasteiger partial charge in [0.2, 0.25) is 0 Å². The van der Waals surface area contributed by atoms with Crippen LogP contribution in [0, 0.1) is 0 Å². The third-order valence-corrected chi connectivity index (χ3v) is 4.86. The van der Waals surface area contributed by atoms with E-state index >= 15 is 0 Å². The van der Waals surface area contributed by atoms with Crippen molar-refractivity contribution in [3.05, 3.63) is 48.5 Å². The summed E-state index contributed by atoms with van der Waals surface area (Å²) in [7, 11) is 3.10. The van der Waals surface area contributed by atoms with E-state index < -0.39 is 6.09 Å². The molecule has 30 heavy (non-hydrogen) atoms. The molecule has 0 heterocycles. The fourth-order valence-corrected chi connectivity index (χ4v) is 3.44. The summed E-state index contributed by atoms with van der Waals surface area (Å²) in [6, 6.07) is 13.9. The van der Waals surface area contributed by atoms with Crippen LogP contribution in [-0.4, -0.2) is 38.5 Å². The molecular weight excluding hydrogens is 386 g/mol. The number of para-hydroxylation sites is 1. The number of carbonyl (C=O) groups excluding carboxylic acids is 2. The van der Waals surface area contributed by atoms with Crippen molar-refractivity contribution in [2.75, 3.05) is 24.9 Å². The van der Waals surface area contributed by atoms with Crippen molar-refractivity contribution < 1.29 is 23.8 Å². The number of urea groups is 1. The lowest BCUT2D eigenvalue weighted by atomic mass is 9.93. The van der Waals surface area contributed by atoms with Gasteiger partial charge < -0.3 is 24.8 Å². The summed E-state index contributed by atoms with van der Waals surface area (Å²) >= 11 is 0. The van der Waals surface area contributed by atoms with E-state index in [9.17, 15) is 9.59 Å². The summed E-state index contributed by atoms with van der Waals surface area (Å²) in [5.74, 6) is 1.17. The van der Waals surface area contributed by atoms with Crippen LogP contribution in [0.3, 0.4) is 0 Å². The van der Waals surface area contributed by atoms with E-state index in [2.05, 4.69) is 16.0 Å². The van der Waals surface area contributed by atoms with Crippen molar-refractivity contribution in [3.8, 4) is 11.5 Å². The Hall–Kier alpha value is -3.42. The smallest absolute Gasteiger partial charge is 0.411 e. The van der Waals surface area contributed by atoms with E-state index in [-0.39, 0.29) is 18.2 Å². The molecule has 3 amide bonds. The number of anilines is 2. The Kier molecular flexibility index (Phi) is 7.37. The molecule has 0 bridgehead atoms. The number of benzene rings is 2. The fraction of sp³-hybridized carbons (Fsp3) is 0.364. The minimum atomic E-state index is -0.486. The predicted molar refractivity (Wildman–Crippen MR) is 114 cm³/mol. The Morgan fingerprint density at radius 3 is 2.27 bits per heavy atom. The Morgan fingerprint density at radius 1 is 0.900 bits per heavy atom. The van der Waals surface area contributed by atoms with Crippen LogP contribution in [0.15, 0.2) is 48.5 Å². The monoisotopic (exact) mass is 413 g/mol. The molecule has 2 aromatic rings. The second-order valence-corrected chi connectivity index (χ2v) is 7.08. The summed E-state index contributed by atoms with van der Waals surface area (Å²) in [6.07, 6.45) is 2.30. The number of hydrogen-bond donors (Lipinski definition) is 3. The van der Waals surface area contributed by atoms with Gasteiger partial charge in [0, 0.05) is 42.0 Å². The van der Waals surface area contributed by atoms with E-state index in [0.29, 0.717) is 29.3 Å². The molecule has 0 unspecified atom stereocenters. The predicted octanol–water partition coefficient (Wildman–Crippen LogP) is 4.39. The Balaban J connectivity index is 1.49. The zero-order chi connectivity index (χ0) is 21.3. The summed E-state index contributed by atoms with van der Waals surface area (Å²) in [4.78, 5) is 24.5. The number of hydrogen-bond acceptors (Lipinski definition) is 5. The van der Waals surface area contributed by atoms with Gasteiger partial charge in [0.05, 0.1) is 14.2 Å². The van der Waals surface area contributed by atoms with Crippen LogP contribution in [0.25, 0.3) is 0 Å². The van der Waals surface area contributed by atoms with Crippen LogP contribution in [0.4, 0.5) is 21.0 Å². The van der Waals surface area contributed by atoms with Gasteiger partial charge in [-0.15, -0.1) is 0 Å². The van der Waals surface area contributed by atoms with Gasteiger partial charge in [0.1, 0.15) is 17.6 Å². The third kappa shape index (κ3) is 6.30. The van der Waals surface area contributed by atoms with Crippen molar-refractivity contribution in [1.82, 2.24) is 5.32 Å². The maximum absolute atomic E-state index is 12.4. The highest BCUT2D eigenvalue weighted by Gasteiger charge is 2.26.